The molecule has 117 heavy (non-hydrogen) atoms. The van der Waals surface area contributed by atoms with Gasteiger partial charge in [-0.2, -0.15) is 19.2 Å². The van der Waals surface area contributed by atoms with E-state index in [9.17, 15) is 48.9 Å². The van der Waals surface area contributed by atoms with Crippen LogP contribution in [0.4, 0.5) is 11.4 Å². The lowest BCUT2D eigenvalue weighted by molar-refractivity contribution is -0.193. The Morgan fingerprint density at radius 1 is 0.513 bits per heavy atom. The van der Waals surface area contributed by atoms with E-state index < -0.39 is 5.41 Å². The predicted molar refractivity (Wildman–Crippen MR) is 429 cm³/mol. The number of phenols is 3. The zero-order chi connectivity index (χ0) is 83.2. The molecule has 598 valence electrons. The summed E-state index contributed by atoms with van der Waals surface area (Å²) in [5.41, 5.74) is 16.1. The number of ketones is 2. The number of carbonyl (C=O) groups is 7. The summed E-state index contributed by atoms with van der Waals surface area (Å²) in [5.74, 6) is 2.31. The number of halogens is 1. The van der Waals surface area contributed by atoms with Crippen LogP contribution in [0.1, 0.15) is 143 Å². The lowest BCUT2D eigenvalue weighted by Gasteiger charge is -2.27. The third-order valence-electron chi connectivity index (χ3n) is 24.1. The minimum atomic E-state index is -0.555. The van der Waals surface area contributed by atoms with E-state index in [4.69, 9.17) is 54.5 Å². The Labute approximate surface area is 673 Å². The third kappa shape index (κ3) is 11.9. The first-order valence-corrected chi connectivity index (χ1v) is 38.9. The molecule has 20 rings (SSSR count). The largest absolute Gasteiger partial charge is 0.506 e. The number of nitrogens with one attached hydrogen (secondary N) is 7. The van der Waals surface area contributed by atoms with E-state index in [0.29, 0.717) is 152 Å². The lowest BCUT2D eigenvalue weighted by Crippen LogP contribution is -2.33. The molecule has 2 spiro atoms. The molecule has 4 aliphatic carbocycles. The van der Waals surface area contributed by atoms with Crippen molar-refractivity contribution in [2.75, 3.05) is 83.7 Å². The van der Waals surface area contributed by atoms with Crippen molar-refractivity contribution in [1.82, 2.24) is 44.7 Å². The van der Waals surface area contributed by atoms with Gasteiger partial charge in [0.2, 0.25) is 16.7 Å². The average Bonchev–Trinajstić information content (AvgIpc) is 1.50. The Morgan fingerprint density at radius 2 is 1.02 bits per heavy atom. The summed E-state index contributed by atoms with van der Waals surface area (Å²) in [6.07, 6.45) is 7.60. The average molecular weight is 1620 g/mol. The van der Waals surface area contributed by atoms with E-state index >= 15 is 0 Å². The van der Waals surface area contributed by atoms with Crippen molar-refractivity contribution < 1.29 is 91.7 Å². The molecule has 5 aromatic carbocycles. The van der Waals surface area contributed by atoms with E-state index in [-0.39, 0.29) is 98.6 Å². The number of nitrogens with zero attached hydrogens (tertiary/aromatic N) is 4. The van der Waals surface area contributed by atoms with E-state index in [1.54, 1.807) is 92.7 Å². The molecule has 2 saturated heterocycles. The van der Waals surface area contributed by atoms with Crippen LogP contribution < -0.4 is 33.5 Å². The van der Waals surface area contributed by atoms with Crippen molar-refractivity contribution in [3.63, 3.8) is 0 Å². The Morgan fingerprint density at radius 3 is 1.56 bits per heavy atom. The number of rotatable bonds is 11. The number of aromatic nitrogens is 7. The molecule has 8 aliphatic rings. The number of aromatic amines is 7. The number of amides is 4. The standard InChI is InChI=1S/C35H29N5O7S.C24H24ClN3O4.C24H23N3O4.2CO2/c1-14-28-18(8-23(38-28)34(46)48-3)17-4-5-39(30(17)31(14)43)32(44)22-9-19-29(37-22)25(42)11-27-35(19)12-16(35)13-40(27)33(45)21-6-15-7-24(41)26(47-2)10-20(15)36-21;1-11-5-15-20-14(9-25)10-28(17(20)8-18(29)22(15)26-11)24(30)16-6-13-7-19(31-3)23(32-4)12(2)21(13)27-16;1-11-5-15-21(25-11)17(28)8-19-24(15)9-14(24)10-27(19)23(29)16-6-13-7-18(30-3)22(31-4)12(2)20(13)26-16;2*2-1-3/h6-11,16,36-38,41,43H,4-5,12-13H2,1-3H3;5-8,14,26-27,29H,9-10H2,1-4H3;5-8,14,25-26H,9-10H2,1-4H3;;/t16-,35?;14-;14-,24?;;/m111../s1. The number of H-pyrrole nitrogens is 7. The van der Waals surface area contributed by atoms with Gasteiger partial charge < -0.3 is 93.5 Å². The number of hydrogen-bond donors (Lipinski definition) is 10. The first kappa shape index (κ1) is 77.5. The lowest BCUT2D eigenvalue weighted by atomic mass is 9.85. The highest BCUT2D eigenvalue weighted by Crippen LogP contribution is 2.68. The van der Waals surface area contributed by atoms with Crippen LogP contribution in [-0.4, -0.2) is 186 Å². The van der Waals surface area contributed by atoms with Crippen LogP contribution in [-0.2, 0) is 36.4 Å². The summed E-state index contributed by atoms with van der Waals surface area (Å²) in [4.78, 5) is 155. The van der Waals surface area contributed by atoms with E-state index in [1.807, 2.05) is 58.0 Å². The van der Waals surface area contributed by atoms with Crippen molar-refractivity contribution in [3.05, 3.63) is 187 Å². The predicted octanol–water partition coefficient (Wildman–Crippen LogP) is 12.3. The van der Waals surface area contributed by atoms with Crippen molar-refractivity contribution in [1.29, 1.82) is 0 Å². The second-order valence-electron chi connectivity index (χ2n) is 30.1. The Bertz CT molecular complexity index is 6500. The van der Waals surface area contributed by atoms with Crippen LogP contribution >= 0.6 is 23.4 Å². The van der Waals surface area contributed by atoms with Crippen LogP contribution in [0.3, 0.4) is 0 Å². The fourth-order valence-corrected chi connectivity index (χ4v) is 19.3. The highest BCUT2D eigenvalue weighted by molar-refractivity contribution is 8.13. The highest BCUT2D eigenvalue weighted by Gasteiger charge is 2.69. The molecule has 4 amide bonds. The normalized spacial score (nSPS) is 19.0. The van der Waals surface area contributed by atoms with E-state index in [0.717, 1.165) is 102 Å². The smallest absolute Gasteiger partial charge is 0.373 e. The van der Waals surface area contributed by atoms with Crippen LogP contribution in [0.25, 0.3) is 54.5 Å². The van der Waals surface area contributed by atoms with Crippen LogP contribution in [0.15, 0.2) is 96.3 Å². The number of methoxy groups -OCH3 is 5. The number of phenolic OH excluding ortho intramolecular Hbond substituents is 3. The second kappa shape index (κ2) is 28.8. The number of hydrogen-bond acceptors (Lipinski definition) is 20. The van der Waals surface area contributed by atoms with Crippen molar-refractivity contribution in [2.24, 2.45) is 11.8 Å². The van der Waals surface area contributed by atoms with Crippen LogP contribution in [0.2, 0.25) is 0 Å². The molecule has 30 nitrogen and oxygen atoms in total. The fourth-order valence-electron chi connectivity index (χ4n) is 18.7. The fraction of sp³-hybridized carbons (Fsp3) is 0.282. The number of allylic oxidation sites excluding steroid dienone is 4. The topological polar surface area (TPSA) is 418 Å². The number of thioether (sulfide) groups is 1. The second-order valence-corrected chi connectivity index (χ2v) is 31.2. The molecule has 7 aromatic heterocycles. The molecule has 32 heteroatoms. The minimum Gasteiger partial charge on any atom is -0.506 e. The molecule has 5 atom stereocenters. The number of ether oxygens (including phenoxy) is 5. The molecule has 0 bridgehead atoms. The van der Waals surface area contributed by atoms with Gasteiger partial charge in [-0.05, 0) is 155 Å². The van der Waals surface area contributed by atoms with Crippen molar-refractivity contribution in [3.8, 4) is 46.0 Å². The summed E-state index contributed by atoms with van der Waals surface area (Å²) in [6.45, 7) is 11.3. The van der Waals surface area contributed by atoms with Crippen molar-refractivity contribution in [2.45, 2.75) is 70.6 Å². The molecule has 2 saturated carbocycles. The van der Waals surface area contributed by atoms with Gasteiger partial charge in [-0.25, -0.2) is 0 Å². The number of fused-ring (bicyclic) bond motifs is 11. The van der Waals surface area contributed by atoms with Gasteiger partial charge in [-0.1, -0.05) is 11.8 Å². The maximum absolute atomic E-state index is 14.1. The van der Waals surface area contributed by atoms with E-state index in [2.05, 4.69) is 41.0 Å². The molecule has 2 unspecified atom stereocenters. The number of piperidine rings is 2. The SMILES string of the molecule is COc1cc2[nH]c(C(=O)N3C[C@H]4CC45C3=CC(=O)c3[nH]c(C(=O)N4CCc6c4c(O)c(C)c4[nH]c(C(=O)SC)cc64)cc35)cc2cc1O.COc1cc2cc(C(=O)N3C[C@@H](CCl)c4c3cc(O)c3[nH]c(C)cc43)[nH]c2c(C)c1OC.COc1cc2cc(C(=O)N3C[C@H]4CC45C3=CC(=O)c3[nH]c(C)cc35)[nH]c2c(C)c1OC.O=C=O.O=C=O. The summed E-state index contributed by atoms with van der Waals surface area (Å²) >= 11 is 7.40. The van der Waals surface area contributed by atoms with Gasteiger partial charge in [0.05, 0.1) is 86.1 Å². The summed E-state index contributed by atoms with van der Waals surface area (Å²) in [5, 5.41) is 36.1. The van der Waals surface area contributed by atoms with E-state index in [1.165, 1.54) is 24.2 Å². The number of aryl methyl sites for hydroxylation is 5. The number of aromatic hydroxyl groups is 3. The van der Waals surface area contributed by atoms with Gasteiger partial charge >= 0.3 is 12.3 Å². The van der Waals surface area contributed by atoms with Gasteiger partial charge in [0.15, 0.2) is 34.5 Å². The molecular weight excluding hydrogens is 1550 g/mol. The molecule has 12 aromatic rings. The quantitative estimate of drug-likeness (QED) is 0.0538. The van der Waals surface area contributed by atoms with Gasteiger partial charge in [0, 0.05) is 145 Å². The van der Waals surface area contributed by atoms with Gasteiger partial charge in [0.25, 0.3) is 23.6 Å². The molecule has 11 heterocycles. The third-order valence-corrected chi connectivity index (χ3v) is 25.0. The summed E-state index contributed by atoms with van der Waals surface area (Å²) in [7, 11) is 7.83. The highest BCUT2D eigenvalue weighted by atomic mass is 35.5. The van der Waals surface area contributed by atoms with Crippen LogP contribution in [0, 0.1) is 46.5 Å². The zero-order valence-corrected chi connectivity index (χ0v) is 66.5. The van der Waals surface area contributed by atoms with Gasteiger partial charge in [-0.3, -0.25) is 33.6 Å². The number of benzene rings is 5. The zero-order valence-electron chi connectivity index (χ0n) is 64.9. The Kier molecular flexibility index (Phi) is 19.1. The molecule has 0 radical (unpaired) electrons. The monoisotopic (exact) mass is 1620 g/mol. The first-order valence-electron chi connectivity index (χ1n) is 37.1. The van der Waals surface area contributed by atoms with Gasteiger partial charge in [-0.15, -0.1) is 11.6 Å². The molecule has 4 fully saturated rings. The maximum atomic E-state index is 14.1. The number of anilines is 2. The first-order chi connectivity index (χ1) is 56.1. The minimum absolute atomic E-state index is 0.0267. The maximum Gasteiger partial charge on any atom is 0.373 e. The molecule has 10 N–H and O–H groups in total. The number of likely N-dealkylation sites (tertiary alicyclic amines) is 2. The number of alkyl halides is 1. The van der Waals surface area contributed by atoms with Crippen molar-refractivity contribution >= 4 is 142 Å². The summed E-state index contributed by atoms with van der Waals surface area (Å²) in [6, 6.07) is 21.4. The molecular formula is C85H76ClN11O19S. The Hall–Kier alpha value is -13.5. The Balaban J connectivity index is 0.000000131. The molecule has 4 aliphatic heterocycles. The van der Waals surface area contributed by atoms with Gasteiger partial charge in [0.1, 0.15) is 34.3 Å². The number of carbonyl (C=O) groups excluding carboxylic acids is 11. The summed E-state index contributed by atoms with van der Waals surface area (Å²) < 4.78 is 27.1. The van der Waals surface area contributed by atoms with Crippen LogP contribution in [0.5, 0.6) is 46.0 Å².